The molecule has 6 aromatic rings. The van der Waals surface area contributed by atoms with E-state index in [1.54, 1.807) is 72.8 Å². The normalized spacial score (nSPS) is 14.8. The van der Waals surface area contributed by atoms with E-state index in [4.69, 9.17) is 0 Å². The molecule has 1 atom stereocenters. The second-order valence-corrected chi connectivity index (χ2v) is 13.9. The van der Waals surface area contributed by atoms with Crippen molar-refractivity contribution in [2.24, 2.45) is 0 Å². The van der Waals surface area contributed by atoms with Gasteiger partial charge >= 0.3 is 0 Å². The Morgan fingerprint density at radius 2 is 1.58 bits per heavy atom. The van der Waals surface area contributed by atoms with Crippen LogP contribution in [0.5, 0.6) is 0 Å². The zero-order valence-corrected chi connectivity index (χ0v) is 29.3. The average molecular weight is 744 g/mol. The number of fused-ring (bicyclic) bond motifs is 3. The van der Waals surface area contributed by atoms with Crippen molar-refractivity contribution in [2.75, 3.05) is 10.2 Å². The molecule has 10 heteroatoms. The van der Waals surface area contributed by atoms with Crippen LogP contribution in [0, 0.1) is 0 Å². The number of hydrogen-bond acceptors (Lipinski definition) is 5. The molecule has 248 valence electrons. The Kier molecular flexibility index (Phi) is 9.38. The molecule has 1 aromatic heterocycles. The van der Waals surface area contributed by atoms with Gasteiger partial charge in [-0.05, 0) is 91.4 Å². The smallest absolute Gasteiger partial charge is 0.272 e. The van der Waals surface area contributed by atoms with Gasteiger partial charge < -0.3 is 15.2 Å². The van der Waals surface area contributed by atoms with E-state index in [1.165, 1.54) is 16.7 Å². The summed E-state index contributed by atoms with van der Waals surface area (Å²) in [6.45, 7) is 2.92. The monoisotopic (exact) mass is 742 g/mol. The highest BCUT2D eigenvalue weighted by atomic mass is 79.9. The van der Waals surface area contributed by atoms with Gasteiger partial charge in [-0.2, -0.15) is 0 Å². The molecular formula is C40H31BrN4O4S. The van der Waals surface area contributed by atoms with E-state index >= 15 is 0 Å². The highest BCUT2D eigenvalue weighted by molar-refractivity contribution is 9.10. The van der Waals surface area contributed by atoms with Gasteiger partial charge in [0.1, 0.15) is 5.70 Å². The van der Waals surface area contributed by atoms with Crippen molar-refractivity contribution < 1.29 is 19.2 Å². The van der Waals surface area contributed by atoms with Gasteiger partial charge in [0.15, 0.2) is 0 Å². The molecule has 5 aromatic carbocycles. The van der Waals surface area contributed by atoms with Crippen LogP contribution in [-0.2, 0) is 20.9 Å². The number of thioether (sulfide) groups is 1. The third-order valence-corrected chi connectivity index (χ3v) is 10.2. The third-order valence-electron chi connectivity index (χ3n) is 8.51. The number of aryl methyl sites for hydroxylation is 1. The fourth-order valence-electron chi connectivity index (χ4n) is 6.18. The van der Waals surface area contributed by atoms with E-state index in [-0.39, 0.29) is 23.9 Å². The van der Waals surface area contributed by atoms with Gasteiger partial charge in [-0.1, -0.05) is 64.5 Å². The van der Waals surface area contributed by atoms with Crippen LogP contribution >= 0.6 is 27.7 Å². The Labute approximate surface area is 301 Å². The van der Waals surface area contributed by atoms with Crippen LogP contribution in [0.1, 0.15) is 29.3 Å². The molecule has 0 saturated carbocycles. The molecule has 1 saturated heterocycles. The minimum Gasteiger partial charge on any atom is -0.341 e. The number of halogens is 1. The van der Waals surface area contributed by atoms with E-state index in [2.05, 4.69) is 50.2 Å². The summed E-state index contributed by atoms with van der Waals surface area (Å²) < 4.78 is 3.10. The Morgan fingerprint density at radius 3 is 2.36 bits per heavy atom. The zero-order valence-electron chi connectivity index (χ0n) is 26.9. The molecule has 0 bridgehead atoms. The lowest BCUT2D eigenvalue weighted by Crippen LogP contribution is -2.31. The summed E-state index contributed by atoms with van der Waals surface area (Å²) in [7, 11) is 0. The molecule has 0 aliphatic carbocycles. The minimum absolute atomic E-state index is 0.0653. The molecule has 0 radical (unpaired) electrons. The second kappa shape index (κ2) is 14.2. The fourth-order valence-corrected chi connectivity index (χ4v) is 7.56. The predicted octanol–water partition coefficient (Wildman–Crippen LogP) is 8.41. The van der Waals surface area contributed by atoms with Gasteiger partial charge in [0.05, 0.1) is 10.9 Å². The van der Waals surface area contributed by atoms with Crippen molar-refractivity contribution in [3.05, 3.63) is 143 Å². The van der Waals surface area contributed by atoms with Crippen LogP contribution in [0.25, 0.3) is 27.9 Å². The quantitative estimate of drug-likeness (QED) is 0.115. The van der Waals surface area contributed by atoms with Gasteiger partial charge in [-0.3, -0.25) is 19.2 Å². The van der Waals surface area contributed by atoms with Crippen LogP contribution in [0.15, 0.2) is 136 Å². The van der Waals surface area contributed by atoms with Gasteiger partial charge in [0, 0.05) is 55.4 Å². The number of nitrogens with zero attached hydrogens (tertiary/aromatic N) is 2. The molecule has 1 fully saturated rings. The number of anilines is 2. The number of imide groups is 1. The second-order valence-electron chi connectivity index (χ2n) is 11.8. The number of para-hydroxylation sites is 1. The first kappa shape index (κ1) is 33.1. The lowest BCUT2D eigenvalue weighted by Gasteiger charge is -2.15. The van der Waals surface area contributed by atoms with Gasteiger partial charge in [-0.15, -0.1) is 11.8 Å². The first-order valence-electron chi connectivity index (χ1n) is 16.1. The van der Waals surface area contributed by atoms with Crippen LogP contribution in [0.2, 0.25) is 0 Å². The van der Waals surface area contributed by atoms with Crippen molar-refractivity contribution in [1.29, 1.82) is 0 Å². The van der Waals surface area contributed by atoms with Crippen LogP contribution < -0.4 is 15.5 Å². The summed E-state index contributed by atoms with van der Waals surface area (Å²) in [6.07, 6.45) is 1.74. The summed E-state index contributed by atoms with van der Waals surface area (Å²) in [6, 6.07) is 37.1. The predicted molar refractivity (Wildman–Crippen MR) is 203 cm³/mol. The number of rotatable bonds is 9. The van der Waals surface area contributed by atoms with Crippen molar-refractivity contribution in [1.82, 2.24) is 9.88 Å². The number of carbonyl (C=O) groups is 4. The maximum absolute atomic E-state index is 13.9. The minimum atomic E-state index is -0.605. The highest BCUT2D eigenvalue weighted by Gasteiger charge is 2.40. The van der Waals surface area contributed by atoms with Crippen molar-refractivity contribution in [3.8, 4) is 0 Å². The number of amides is 4. The van der Waals surface area contributed by atoms with E-state index in [0.717, 1.165) is 38.4 Å². The number of nitrogens with one attached hydrogen (secondary N) is 2. The Bertz CT molecular complexity index is 2320. The SMILES string of the molecule is CCn1c2ccccc2c2cc(/C=C(\NC(=O)c3ccccc3)C(=O)Nc3cccc(S[C@H]4CC(=O)N(c5ccc(Br)cc5)C4=O)c3)ccc21. The Balaban J connectivity index is 1.15. The van der Waals surface area contributed by atoms with Crippen molar-refractivity contribution in [2.45, 2.75) is 30.0 Å². The lowest BCUT2D eigenvalue weighted by molar-refractivity contribution is -0.121. The lowest BCUT2D eigenvalue weighted by atomic mass is 10.1. The molecule has 50 heavy (non-hydrogen) atoms. The third kappa shape index (κ3) is 6.72. The summed E-state index contributed by atoms with van der Waals surface area (Å²) in [5.41, 5.74) is 4.45. The molecule has 4 amide bonds. The van der Waals surface area contributed by atoms with E-state index < -0.39 is 17.1 Å². The first-order chi connectivity index (χ1) is 24.3. The van der Waals surface area contributed by atoms with Crippen LogP contribution in [0.4, 0.5) is 11.4 Å². The standard InChI is InChI=1S/C40H31BrN4O4S/c1-2-44-34-14-7-6-13-31(34)32-21-25(15-20-35(32)44)22-33(43-38(47)26-9-4-3-5-10-26)39(48)42-28-11-8-12-30(23-28)50-36-24-37(46)45(40(36)49)29-18-16-27(41)17-19-29/h3-23,36H,2,24H2,1H3,(H,42,48)(H,43,47)/b33-22-/t36-/m0/s1. The highest BCUT2D eigenvalue weighted by Crippen LogP contribution is 2.35. The molecular weight excluding hydrogens is 712 g/mol. The summed E-state index contributed by atoms with van der Waals surface area (Å²) >= 11 is 4.66. The van der Waals surface area contributed by atoms with E-state index in [0.29, 0.717) is 21.8 Å². The zero-order chi connectivity index (χ0) is 34.8. The first-order valence-corrected chi connectivity index (χ1v) is 17.8. The fraction of sp³-hybridized carbons (Fsp3) is 0.100. The van der Waals surface area contributed by atoms with Gasteiger partial charge in [0.25, 0.3) is 11.8 Å². The van der Waals surface area contributed by atoms with E-state index in [1.807, 2.05) is 42.5 Å². The Hall–Kier alpha value is -5.45. The molecule has 0 unspecified atom stereocenters. The number of hydrogen-bond donors (Lipinski definition) is 2. The number of benzene rings is 5. The Morgan fingerprint density at radius 1 is 0.840 bits per heavy atom. The van der Waals surface area contributed by atoms with Gasteiger partial charge in [0.2, 0.25) is 11.8 Å². The van der Waals surface area contributed by atoms with Crippen molar-refractivity contribution in [3.63, 3.8) is 0 Å². The van der Waals surface area contributed by atoms with Crippen LogP contribution in [-0.4, -0.2) is 33.4 Å². The summed E-state index contributed by atoms with van der Waals surface area (Å²) in [5, 5.41) is 7.29. The maximum atomic E-state index is 13.9. The topological polar surface area (TPSA) is 101 Å². The molecule has 0 spiro atoms. The van der Waals surface area contributed by atoms with Crippen LogP contribution in [0.3, 0.4) is 0 Å². The number of carbonyl (C=O) groups excluding carboxylic acids is 4. The largest absolute Gasteiger partial charge is 0.341 e. The molecule has 2 heterocycles. The molecule has 7 rings (SSSR count). The molecule has 1 aliphatic heterocycles. The van der Waals surface area contributed by atoms with E-state index in [9.17, 15) is 19.2 Å². The van der Waals surface area contributed by atoms with Crippen molar-refractivity contribution >= 4 is 90.6 Å². The average Bonchev–Trinajstić information content (AvgIpc) is 3.60. The maximum Gasteiger partial charge on any atom is 0.272 e. The summed E-state index contributed by atoms with van der Waals surface area (Å²) in [5.74, 6) is -1.48. The van der Waals surface area contributed by atoms with Gasteiger partial charge in [-0.25, -0.2) is 4.90 Å². The number of aromatic nitrogens is 1. The summed E-state index contributed by atoms with van der Waals surface area (Å²) in [4.78, 5) is 55.2. The molecule has 2 N–H and O–H groups in total. The molecule has 8 nitrogen and oxygen atoms in total. The molecule has 1 aliphatic rings.